The van der Waals surface area contributed by atoms with Crippen molar-refractivity contribution in [2.24, 2.45) is 7.05 Å². The number of rotatable bonds is 1. The number of alkyl halides is 3. The summed E-state index contributed by atoms with van der Waals surface area (Å²) in [6.45, 7) is 4.89. The maximum absolute atomic E-state index is 14.7. The van der Waals surface area contributed by atoms with Gasteiger partial charge in [-0.2, -0.15) is 13.2 Å². The second-order valence-corrected chi connectivity index (χ2v) is 5.82. The van der Waals surface area contributed by atoms with E-state index in [0.717, 1.165) is 18.0 Å². The molecule has 0 saturated carbocycles. The molecule has 2 heterocycles. The Hall–Kier alpha value is -3.62. The minimum Gasteiger partial charge on any atom is -0.481 e. The largest absolute Gasteiger partial charge is 0.481 e. The fourth-order valence-electron chi connectivity index (χ4n) is 2.83. The minimum atomic E-state index is -4.98. The lowest BCUT2D eigenvalue weighted by Gasteiger charge is -2.25. The highest BCUT2D eigenvalue weighted by atomic mass is 19.4. The van der Waals surface area contributed by atoms with Crippen molar-refractivity contribution >= 4 is 17.3 Å². The molecule has 146 valence electrons. The van der Waals surface area contributed by atoms with Gasteiger partial charge in [-0.15, -0.1) is 0 Å². The highest BCUT2D eigenvalue weighted by Gasteiger charge is 2.39. The Morgan fingerprint density at radius 2 is 1.79 bits per heavy atom. The second-order valence-electron chi connectivity index (χ2n) is 5.82. The summed E-state index contributed by atoms with van der Waals surface area (Å²) in [7, 11) is 2.07. The van der Waals surface area contributed by atoms with Gasteiger partial charge in [-0.05, 0) is 4.85 Å². The molecule has 0 atom stereocenters. The van der Waals surface area contributed by atoms with Gasteiger partial charge in [-0.25, -0.2) is 13.8 Å². The number of hydrogen-bond acceptors (Lipinski definition) is 4. The van der Waals surface area contributed by atoms with Crippen molar-refractivity contribution in [3.05, 3.63) is 49.3 Å². The monoisotopic (exact) mass is 399 g/mol. The number of carbonyl (C=O) groups is 1. The molecule has 0 fully saturated rings. The summed E-state index contributed by atoms with van der Waals surface area (Å²) in [5.41, 5.74) is -5.89. The van der Waals surface area contributed by atoms with E-state index in [-0.39, 0.29) is 26.6 Å². The van der Waals surface area contributed by atoms with E-state index in [2.05, 4.69) is 4.85 Å². The summed E-state index contributed by atoms with van der Waals surface area (Å²) < 4.78 is 59.2. The fraction of sp³-hybridized carbons (Fsp3) is 0.250. The van der Waals surface area contributed by atoms with Gasteiger partial charge >= 0.3 is 17.6 Å². The van der Waals surface area contributed by atoms with Gasteiger partial charge in [0.05, 0.1) is 0 Å². The van der Waals surface area contributed by atoms with Crippen LogP contribution in [-0.2, 0) is 18.0 Å². The molecule has 28 heavy (non-hydrogen) atoms. The Labute approximate surface area is 153 Å². The van der Waals surface area contributed by atoms with Gasteiger partial charge < -0.3 is 9.64 Å². The molecule has 1 aromatic heterocycles. The fourth-order valence-corrected chi connectivity index (χ4v) is 2.83. The predicted octanol–water partition coefficient (Wildman–Crippen LogP) is 1.64. The third-order valence-electron chi connectivity index (χ3n) is 4.19. The molecule has 0 spiro atoms. The maximum atomic E-state index is 14.7. The van der Waals surface area contributed by atoms with Crippen LogP contribution >= 0.6 is 0 Å². The Morgan fingerprint density at radius 1 is 1.14 bits per heavy atom. The number of carbonyl (C=O) groups excluding carboxylic acids is 1. The third-order valence-corrected chi connectivity index (χ3v) is 4.19. The smallest absolute Gasteiger partial charge is 0.431 e. The number of likely N-dealkylation sites (N-methyl/N-ethyl adjacent to an activating group) is 1. The first-order chi connectivity index (χ1) is 13.0. The number of halogens is 4. The van der Waals surface area contributed by atoms with E-state index in [0.29, 0.717) is 0 Å². The Balaban J connectivity index is 2.43. The van der Waals surface area contributed by atoms with E-state index in [4.69, 9.17) is 11.3 Å². The quantitative estimate of drug-likeness (QED) is 0.684. The van der Waals surface area contributed by atoms with Gasteiger partial charge in [0.25, 0.3) is 18.0 Å². The maximum Gasteiger partial charge on any atom is 0.431 e. The van der Waals surface area contributed by atoms with Crippen molar-refractivity contribution in [2.75, 3.05) is 18.6 Å². The van der Waals surface area contributed by atoms with E-state index < -0.39 is 52.8 Å². The summed E-state index contributed by atoms with van der Waals surface area (Å²) in [4.78, 5) is 41.0. The number of fused-ring (bicyclic) bond motifs is 1. The van der Waals surface area contributed by atoms with Crippen molar-refractivity contribution in [1.29, 1.82) is 0 Å². The lowest BCUT2D eigenvalue weighted by Crippen LogP contribution is -2.41. The zero-order valence-corrected chi connectivity index (χ0v) is 14.4. The molecule has 2 aromatic rings. The SMILES string of the molecule is C#[N+]c1c2c(cc(F)c1-n1c(=O)cc(C(F)(F)F)n(C)c1=O)OCC(=O)N2C. The molecule has 1 amide bonds. The van der Waals surface area contributed by atoms with Crippen LogP contribution in [0.4, 0.5) is 28.9 Å². The molecule has 3 rings (SSSR count). The standard InChI is InChI=1S/C16H11F4N4O4/c1-21-12-13(7(17)4-8-14(12)23(3)11(26)6-28-8)24-10(25)5-9(16(18,19)20)22(2)15(24)27/h1,4-5H,6H2,2-3H3/q+1. The van der Waals surface area contributed by atoms with E-state index in [1.807, 2.05) is 0 Å². The van der Waals surface area contributed by atoms with Gasteiger partial charge in [0, 0.05) is 26.2 Å². The van der Waals surface area contributed by atoms with Crippen LogP contribution in [0.5, 0.6) is 5.75 Å². The van der Waals surface area contributed by atoms with Crippen LogP contribution in [0.3, 0.4) is 0 Å². The molecule has 0 saturated heterocycles. The van der Waals surface area contributed by atoms with E-state index in [9.17, 15) is 31.9 Å². The first kappa shape index (κ1) is 19.2. The van der Waals surface area contributed by atoms with Crippen LogP contribution in [-0.4, -0.2) is 28.7 Å². The van der Waals surface area contributed by atoms with E-state index >= 15 is 0 Å². The van der Waals surface area contributed by atoms with E-state index in [1.165, 1.54) is 7.05 Å². The third kappa shape index (κ3) is 2.72. The minimum absolute atomic E-state index is 0.135. The number of aromatic nitrogens is 2. The summed E-state index contributed by atoms with van der Waals surface area (Å²) in [6.07, 6.45) is -4.98. The molecule has 8 nitrogen and oxygen atoms in total. The van der Waals surface area contributed by atoms with Crippen molar-refractivity contribution in [3.8, 4) is 18.0 Å². The summed E-state index contributed by atoms with van der Waals surface area (Å²) in [5, 5.41) is 0. The molecule has 0 bridgehead atoms. The van der Waals surface area contributed by atoms with Gasteiger partial charge in [0.2, 0.25) is 0 Å². The average Bonchev–Trinajstić information content (AvgIpc) is 2.61. The Bertz CT molecular complexity index is 1170. The van der Waals surface area contributed by atoms with Crippen LogP contribution in [0.1, 0.15) is 5.69 Å². The molecule has 0 radical (unpaired) electrons. The molecule has 1 aliphatic heterocycles. The second kappa shape index (κ2) is 6.22. The van der Waals surface area contributed by atoms with Crippen molar-refractivity contribution in [1.82, 2.24) is 9.13 Å². The summed E-state index contributed by atoms with van der Waals surface area (Å²) in [6, 6.07) is 0.928. The van der Waals surface area contributed by atoms with Crippen LogP contribution < -0.4 is 20.9 Å². The van der Waals surface area contributed by atoms with Crippen LogP contribution in [0.15, 0.2) is 21.7 Å². The Morgan fingerprint density at radius 3 is 2.36 bits per heavy atom. The first-order valence-corrected chi connectivity index (χ1v) is 7.56. The summed E-state index contributed by atoms with van der Waals surface area (Å²) in [5.74, 6) is -1.89. The lowest BCUT2D eigenvalue weighted by molar-refractivity contribution is -0.144. The number of nitrogens with zero attached hydrogens (tertiary/aromatic N) is 4. The molecular formula is C16H11F4N4O4+. The normalized spacial score (nSPS) is 13.8. The highest BCUT2D eigenvalue weighted by Crippen LogP contribution is 2.44. The number of amides is 1. The molecule has 0 aliphatic carbocycles. The average molecular weight is 399 g/mol. The molecule has 0 N–H and O–H groups in total. The van der Waals surface area contributed by atoms with E-state index in [1.54, 1.807) is 0 Å². The first-order valence-electron chi connectivity index (χ1n) is 7.56. The number of hydrogen-bond donors (Lipinski definition) is 0. The molecular weight excluding hydrogens is 388 g/mol. The van der Waals surface area contributed by atoms with Gasteiger partial charge in [0.1, 0.15) is 5.69 Å². The van der Waals surface area contributed by atoms with Crippen molar-refractivity contribution < 1.29 is 27.1 Å². The van der Waals surface area contributed by atoms with Crippen LogP contribution in [0.2, 0.25) is 0 Å². The summed E-state index contributed by atoms with van der Waals surface area (Å²) >= 11 is 0. The Kier molecular flexibility index (Phi) is 4.26. The van der Waals surface area contributed by atoms with Gasteiger partial charge in [-0.1, -0.05) is 0 Å². The molecule has 1 aromatic carbocycles. The number of anilines is 1. The lowest BCUT2D eigenvalue weighted by atomic mass is 10.1. The molecule has 1 aliphatic rings. The zero-order valence-electron chi connectivity index (χ0n) is 14.4. The number of ether oxygens (including phenoxy) is 1. The van der Waals surface area contributed by atoms with Gasteiger partial charge in [0.15, 0.2) is 29.5 Å². The van der Waals surface area contributed by atoms with Crippen LogP contribution in [0.25, 0.3) is 10.5 Å². The topological polar surface area (TPSA) is 77.9 Å². The zero-order chi connectivity index (χ0) is 21.0. The van der Waals surface area contributed by atoms with Gasteiger partial charge in [-0.3, -0.25) is 14.2 Å². The predicted molar refractivity (Wildman–Crippen MR) is 89.1 cm³/mol. The highest BCUT2D eigenvalue weighted by molar-refractivity contribution is 6.03. The molecule has 12 heteroatoms. The van der Waals surface area contributed by atoms with Crippen LogP contribution in [0, 0.1) is 12.4 Å². The number of benzene rings is 1. The van der Waals surface area contributed by atoms with Crippen molar-refractivity contribution in [3.63, 3.8) is 0 Å². The van der Waals surface area contributed by atoms with Crippen molar-refractivity contribution in [2.45, 2.75) is 6.18 Å². The molecule has 0 unspecified atom stereocenters.